The van der Waals surface area contributed by atoms with E-state index < -0.39 is 0 Å². The number of benzene rings is 1. The van der Waals surface area contributed by atoms with Gasteiger partial charge in [-0.05, 0) is 55.4 Å². The van der Waals surface area contributed by atoms with Gasteiger partial charge in [-0.1, -0.05) is 13.0 Å². The zero-order valence-electron chi connectivity index (χ0n) is 9.39. The van der Waals surface area contributed by atoms with Gasteiger partial charge in [-0.15, -0.1) is 0 Å². The summed E-state index contributed by atoms with van der Waals surface area (Å²) >= 11 is 0. The van der Waals surface area contributed by atoms with E-state index in [0.717, 1.165) is 30.4 Å². The monoisotopic (exact) mass is 207 g/mol. The second kappa shape index (κ2) is 3.60. The molecule has 1 aromatic rings. The summed E-state index contributed by atoms with van der Waals surface area (Å²) in [5.74, 6) is 0.470. The summed E-state index contributed by atoms with van der Waals surface area (Å²) in [4.78, 5) is 0. The molecule has 0 aliphatic heterocycles. The van der Waals surface area contributed by atoms with Crippen LogP contribution < -0.4 is 5.73 Å². The van der Waals surface area contributed by atoms with Crippen LogP contribution in [0.5, 0.6) is 0 Å². The van der Waals surface area contributed by atoms with Crippen LogP contribution in [0.25, 0.3) is 0 Å². The summed E-state index contributed by atoms with van der Waals surface area (Å²) in [6, 6.07) is 4.93. The summed E-state index contributed by atoms with van der Waals surface area (Å²) in [6.07, 6.45) is 3.09. The van der Waals surface area contributed by atoms with Gasteiger partial charge in [0.25, 0.3) is 0 Å². The third-order valence-corrected chi connectivity index (χ3v) is 3.53. The molecule has 2 heteroatoms. The van der Waals surface area contributed by atoms with Crippen LogP contribution in [0.1, 0.15) is 37.3 Å². The number of nitrogens with two attached hydrogens (primary N) is 1. The maximum Gasteiger partial charge on any atom is 0.123 e. The Balaban J connectivity index is 2.40. The minimum absolute atomic E-state index is 0.181. The van der Waals surface area contributed by atoms with Gasteiger partial charge in [0, 0.05) is 5.54 Å². The standard InChI is InChI=1S/C13H18FN/c1-9-5-6-13(15,8-9)12-7-11(14)4-3-10(12)2/h3-4,7,9H,5-6,8,15H2,1-2H3. The Hall–Kier alpha value is -0.890. The summed E-state index contributed by atoms with van der Waals surface area (Å²) in [6.45, 7) is 4.22. The second-order valence-electron chi connectivity index (χ2n) is 4.96. The van der Waals surface area contributed by atoms with Crippen molar-refractivity contribution in [3.8, 4) is 0 Å². The molecule has 1 aromatic carbocycles. The van der Waals surface area contributed by atoms with Gasteiger partial charge in [-0.3, -0.25) is 0 Å². The molecule has 1 aliphatic carbocycles. The van der Waals surface area contributed by atoms with Crippen molar-refractivity contribution in [3.05, 3.63) is 35.1 Å². The molecule has 1 fully saturated rings. The van der Waals surface area contributed by atoms with Gasteiger partial charge in [0.2, 0.25) is 0 Å². The Kier molecular flexibility index (Phi) is 2.55. The van der Waals surface area contributed by atoms with Gasteiger partial charge in [0.15, 0.2) is 0 Å². The first-order valence-electron chi connectivity index (χ1n) is 5.57. The second-order valence-corrected chi connectivity index (χ2v) is 4.96. The van der Waals surface area contributed by atoms with Crippen LogP contribution in [-0.2, 0) is 5.54 Å². The molecule has 2 rings (SSSR count). The Morgan fingerprint density at radius 1 is 1.47 bits per heavy atom. The SMILES string of the molecule is Cc1ccc(F)cc1C1(N)CCC(C)C1. The first kappa shape index (κ1) is 10.6. The molecule has 15 heavy (non-hydrogen) atoms. The van der Waals surface area contributed by atoms with Gasteiger partial charge in [-0.2, -0.15) is 0 Å². The van der Waals surface area contributed by atoms with Crippen LogP contribution in [-0.4, -0.2) is 0 Å². The molecule has 0 saturated heterocycles. The van der Waals surface area contributed by atoms with E-state index in [4.69, 9.17) is 5.73 Å². The maximum absolute atomic E-state index is 13.2. The van der Waals surface area contributed by atoms with E-state index in [1.54, 1.807) is 6.07 Å². The van der Waals surface area contributed by atoms with Crippen LogP contribution in [0.3, 0.4) is 0 Å². The average molecular weight is 207 g/mol. The summed E-state index contributed by atoms with van der Waals surface area (Å²) in [5.41, 5.74) is 8.17. The van der Waals surface area contributed by atoms with Crippen molar-refractivity contribution in [2.24, 2.45) is 11.7 Å². The van der Waals surface area contributed by atoms with E-state index in [2.05, 4.69) is 6.92 Å². The first-order valence-corrected chi connectivity index (χ1v) is 5.57. The van der Waals surface area contributed by atoms with Crippen molar-refractivity contribution in [1.82, 2.24) is 0 Å². The zero-order valence-corrected chi connectivity index (χ0v) is 9.39. The summed E-state index contributed by atoms with van der Waals surface area (Å²) < 4.78 is 13.2. The largest absolute Gasteiger partial charge is 0.321 e. The molecule has 0 heterocycles. The number of aryl methyl sites for hydroxylation is 1. The van der Waals surface area contributed by atoms with Crippen molar-refractivity contribution in [2.45, 2.75) is 38.6 Å². The summed E-state index contributed by atoms with van der Waals surface area (Å²) in [7, 11) is 0. The molecule has 0 aromatic heterocycles. The summed E-state index contributed by atoms with van der Waals surface area (Å²) in [5, 5.41) is 0. The highest BCUT2D eigenvalue weighted by Gasteiger charge is 2.36. The molecule has 82 valence electrons. The van der Waals surface area contributed by atoms with Crippen LogP contribution in [0.4, 0.5) is 4.39 Å². The molecule has 2 unspecified atom stereocenters. The van der Waals surface area contributed by atoms with Crippen LogP contribution in [0, 0.1) is 18.7 Å². The molecular weight excluding hydrogens is 189 g/mol. The smallest absolute Gasteiger partial charge is 0.123 e. The van der Waals surface area contributed by atoms with Crippen LogP contribution in [0.2, 0.25) is 0 Å². The fourth-order valence-electron chi connectivity index (χ4n) is 2.71. The Bertz CT molecular complexity index is 375. The van der Waals surface area contributed by atoms with Crippen molar-refractivity contribution >= 4 is 0 Å². The number of hydrogen-bond acceptors (Lipinski definition) is 1. The third kappa shape index (κ3) is 1.91. The normalized spacial score (nSPS) is 30.8. The van der Waals surface area contributed by atoms with Gasteiger partial charge in [0.1, 0.15) is 5.82 Å². The minimum Gasteiger partial charge on any atom is -0.321 e. The van der Waals surface area contributed by atoms with Crippen LogP contribution in [0.15, 0.2) is 18.2 Å². The lowest BCUT2D eigenvalue weighted by atomic mass is 9.85. The topological polar surface area (TPSA) is 26.0 Å². The highest BCUT2D eigenvalue weighted by molar-refractivity contribution is 5.34. The Morgan fingerprint density at radius 2 is 2.20 bits per heavy atom. The zero-order chi connectivity index (χ0) is 11.1. The minimum atomic E-state index is -0.300. The predicted octanol–water partition coefficient (Wildman–Crippen LogP) is 3.11. The van der Waals surface area contributed by atoms with Gasteiger partial charge in [-0.25, -0.2) is 4.39 Å². The molecule has 1 aliphatic rings. The average Bonchev–Trinajstić information content (AvgIpc) is 2.52. The van der Waals surface area contributed by atoms with Crippen molar-refractivity contribution in [1.29, 1.82) is 0 Å². The van der Waals surface area contributed by atoms with E-state index in [0.29, 0.717) is 5.92 Å². The quantitative estimate of drug-likeness (QED) is 0.752. The highest BCUT2D eigenvalue weighted by atomic mass is 19.1. The number of halogens is 1. The number of rotatable bonds is 1. The van der Waals surface area contributed by atoms with Crippen molar-refractivity contribution in [2.75, 3.05) is 0 Å². The van der Waals surface area contributed by atoms with Gasteiger partial charge < -0.3 is 5.73 Å². The fourth-order valence-corrected chi connectivity index (χ4v) is 2.71. The van der Waals surface area contributed by atoms with E-state index in [1.807, 2.05) is 13.0 Å². The molecule has 0 bridgehead atoms. The van der Waals surface area contributed by atoms with E-state index >= 15 is 0 Å². The van der Waals surface area contributed by atoms with E-state index in [9.17, 15) is 4.39 Å². The molecule has 0 amide bonds. The molecule has 1 saturated carbocycles. The molecule has 0 spiro atoms. The van der Waals surface area contributed by atoms with Gasteiger partial charge >= 0.3 is 0 Å². The molecule has 2 atom stereocenters. The molecular formula is C13H18FN. The van der Waals surface area contributed by atoms with Crippen LogP contribution >= 0.6 is 0 Å². The molecule has 0 radical (unpaired) electrons. The van der Waals surface area contributed by atoms with Crippen molar-refractivity contribution in [3.63, 3.8) is 0 Å². The van der Waals surface area contributed by atoms with Crippen molar-refractivity contribution < 1.29 is 4.39 Å². The lowest BCUT2D eigenvalue weighted by Gasteiger charge is -2.26. The Labute approximate surface area is 90.5 Å². The Morgan fingerprint density at radius 3 is 2.80 bits per heavy atom. The van der Waals surface area contributed by atoms with E-state index in [-0.39, 0.29) is 11.4 Å². The lowest BCUT2D eigenvalue weighted by Crippen LogP contribution is -2.34. The van der Waals surface area contributed by atoms with E-state index in [1.165, 1.54) is 6.07 Å². The molecule has 1 nitrogen and oxygen atoms in total. The lowest BCUT2D eigenvalue weighted by molar-refractivity contribution is 0.435. The fraction of sp³-hybridized carbons (Fsp3) is 0.538. The highest BCUT2D eigenvalue weighted by Crippen LogP contribution is 2.41. The third-order valence-electron chi connectivity index (χ3n) is 3.53. The van der Waals surface area contributed by atoms with Gasteiger partial charge in [0.05, 0.1) is 0 Å². The maximum atomic E-state index is 13.2. The number of hydrogen-bond donors (Lipinski definition) is 1. The molecule has 2 N–H and O–H groups in total. The predicted molar refractivity (Wildman–Crippen MR) is 60.0 cm³/mol. The first-order chi connectivity index (χ1) is 7.01.